The van der Waals surface area contributed by atoms with Gasteiger partial charge in [-0.3, -0.25) is 0 Å². The lowest BCUT2D eigenvalue weighted by Crippen LogP contribution is -2.43. The highest BCUT2D eigenvalue weighted by atomic mass is 32.2. The maximum atomic E-state index is 4.27. The van der Waals surface area contributed by atoms with Crippen molar-refractivity contribution in [2.75, 3.05) is 6.54 Å². The first-order valence-electron chi connectivity index (χ1n) is 6.71. The van der Waals surface area contributed by atoms with E-state index in [1.807, 2.05) is 25.7 Å². The molecule has 18 heavy (non-hydrogen) atoms. The third-order valence-corrected chi connectivity index (χ3v) is 5.40. The van der Waals surface area contributed by atoms with Gasteiger partial charge in [0.05, 0.1) is 0 Å². The van der Waals surface area contributed by atoms with Crippen LogP contribution < -0.4 is 5.32 Å². The van der Waals surface area contributed by atoms with Crippen molar-refractivity contribution >= 4 is 11.8 Å². The van der Waals surface area contributed by atoms with Gasteiger partial charge < -0.3 is 9.88 Å². The molecule has 5 heteroatoms. The first kappa shape index (κ1) is 13.9. The molecular weight excluding hydrogens is 244 g/mol. The normalized spacial score (nSPS) is 26.7. The Balaban J connectivity index is 2.11. The molecule has 0 saturated heterocycles. The quantitative estimate of drug-likeness (QED) is 0.910. The molecule has 0 spiro atoms. The number of nitrogens with zero attached hydrogens (tertiary/aromatic N) is 3. The van der Waals surface area contributed by atoms with E-state index in [-0.39, 0.29) is 0 Å². The Morgan fingerprint density at radius 2 is 2.17 bits per heavy atom. The molecule has 4 nitrogen and oxygen atoms in total. The van der Waals surface area contributed by atoms with E-state index < -0.39 is 0 Å². The van der Waals surface area contributed by atoms with Gasteiger partial charge in [-0.25, -0.2) is 0 Å². The smallest absolute Gasteiger partial charge is 0.191 e. The Labute approximate surface area is 114 Å². The second-order valence-corrected chi connectivity index (χ2v) is 7.01. The maximum absolute atomic E-state index is 4.27. The molecule has 1 aliphatic carbocycles. The lowest BCUT2D eigenvalue weighted by molar-refractivity contribution is 0.290. The van der Waals surface area contributed by atoms with Gasteiger partial charge in [-0.1, -0.05) is 32.5 Å². The summed E-state index contributed by atoms with van der Waals surface area (Å²) in [6, 6.07) is 0.560. The number of nitrogens with one attached hydrogen (secondary N) is 1. The van der Waals surface area contributed by atoms with Gasteiger partial charge in [0, 0.05) is 18.3 Å². The standard InChI is InChI=1S/C13H24N4S/c1-6-14-11-10(7-8-13(11,3)4)18-12-16-15-9(2)17(12)5/h10-11,14H,6-8H2,1-5H3. The Bertz CT molecular complexity index is 413. The summed E-state index contributed by atoms with van der Waals surface area (Å²) >= 11 is 1.88. The average Bonchev–Trinajstić information content (AvgIpc) is 2.77. The maximum Gasteiger partial charge on any atom is 0.191 e. The summed E-state index contributed by atoms with van der Waals surface area (Å²) in [5, 5.41) is 13.7. The molecule has 1 aromatic rings. The minimum Gasteiger partial charge on any atom is -0.313 e. The lowest BCUT2D eigenvalue weighted by atomic mass is 9.87. The fraction of sp³-hybridized carbons (Fsp3) is 0.846. The van der Waals surface area contributed by atoms with E-state index in [1.54, 1.807) is 0 Å². The number of hydrogen-bond acceptors (Lipinski definition) is 4. The molecule has 1 aromatic heterocycles. The van der Waals surface area contributed by atoms with Crippen molar-refractivity contribution in [3.63, 3.8) is 0 Å². The van der Waals surface area contributed by atoms with Crippen LogP contribution in [0.2, 0.25) is 0 Å². The average molecular weight is 268 g/mol. The largest absolute Gasteiger partial charge is 0.313 e. The van der Waals surface area contributed by atoms with Gasteiger partial charge in [-0.2, -0.15) is 0 Å². The Morgan fingerprint density at radius 3 is 2.72 bits per heavy atom. The molecule has 1 saturated carbocycles. The fourth-order valence-electron chi connectivity index (χ4n) is 2.72. The highest BCUT2D eigenvalue weighted by Crippen LogP contribution is 2.44. The summed E-state index contributed by atoms with van der Waals surface area (Å²) < 4.78 is 2.08. The van der Waals surface area contributed by atoms with Gasteiger partial charge >= 0.3 is 0 Å². The van der Waals surface area contributed by atoms with Crippen LogP contribution in [0.15, 0.2) is 5.16 Å². The predicted octanol–water partition coefficient (Wildman–Crippen LogP) is 2.38. The SMILES string of the molecule is CCNC1C(Sc2nnc(C)n2C)CCC1(C)C. The zero-order chi connectivity index (χ0) is 13.3. The van der Waals surface area contributed by atoms with Crippen LogP contribution in [0.1, 0.15) is 39.4 Å². The van der Waals surface area contributed by atoms with E-state index in [0.717, 1.165) is 17.5 Å². The molecule has 102 valence electrons. The molecule has 0 amide bonds. The minimum absolute atomic E-state index is 0.376. The zero-order valence-electron chi connectivity index (χ0n) is 12.0. The Hall–Kier alpha value is -0.550. The van der Waals surface area contributed by atoms with Crippen molar-refractivity contribution in [1.29, 1.82) is 0 Å². The monoisotopic (exact) mass is 268 g/mol. The van der Waals surface area contributed by atoms with Gasteiger partial charge in [0.2, 0.25) is 0 Å². The molecule has 2 rings (SSSR count). The molecule has 0 aromatic carbocycles. The Morgan fingerprint density at radius 1 is 1.44 bits per heavy atom. The number of hydrogen-bond donors (Lipinski definition) is 1. The molecule has 1 N–H and O–H groups in total. The van der Waals surface area contributed by atoms with Crippen molar-refractivity contribution in [2.24, 2.45) is 12.5 Å². The molecule has 1 aliphatic rings. The van der Waals surface area contributed by atoms with Crippen LogP contribution in [0, 0.1) is 12.3 Å². The van der Waals surface area contributed by atoms with E-state index in [2.05, 4.69) is 40.9 Å². The van der Waals surface area contributed by atoms with Crippen molar-refractivity contribution in [1.82, 2.24) is 20.1 Å². The van der Waals surface area contributed by atoms with E-state index >= 15 is 0 Å². The third-order valence-electron chi connectivity index (χ3n) is 4.02. The second kappa shape index (κ2) is 5.21. The summed E-state index contributed by atoms with van der Waals surface area (Å²) in [7, 11) is 2.04. The Kier molecular flexibility index (Phi) is 4.02. The number of thioether (sulfide) groups is 1. The number of aromatic nitrogens is 3. The van der Waals surface area contributed by atoms with Crippen LogP contribution in [-0.4, -0.2) is 32.6 Å². The molecule has 1 heterocycles. The molecule has 1 fully saturated rings. The molecule has 0 aliphatic heterocycles. The molecule has 0 bridgehead atoms. The number of aryl methyl sites for hydroxylation is 1. The summed E-state index contributed by atoms with van der Waals surface area (Å²) in [4.78, 5) is 0. The van der Waals surface area contributed by atoms with Gasteiger partial charge in [-0.05, 0) is 31.7 Å². The third kappa shape index (κ3) is 2.57. The highest BCUT2D eigenvalue weighted by molar-refractivity contribution is 7.99. The van der Waals surface area contributed by atoms with E-state index in [4.69, 9.17) is 0 Å². The van der Waals surface area contributed by atoms with Gasteiger partial charge in [-0.15, -0.1) is 10.2 Å². The summed E-state index contributed by atoms with van der Waals surface area (Å²) in [6.07, 6.45) is 2.53. The molecule has 2 atom stereocenters. The fourth-order valence-corrected chi connectivity index (χ4v) is 4.21. The molecule has 2 unspecified atom stereocenters. The van der Waals surface area contributed by atoms with Crippen LogP contribution in [0.5, 0.6) is 0 Å². The van der Waals surface area contributed by atoms with Crippen LogP contribution in [0.3, 0.4) is 0 Å². The van der Waals surface area contributed by atoms with Gasteiger partial charge in [0.1, 0.15) is 5.82 Å². The van der Waals surface area contributed by atoms with Gasteiger partial charge in [0.25, 0.3) is 0 Å². The van der Waals surface area contributed by atoms with E-state index in [0.29, 0.717) is 16.7 Å². The van der Waals surface area contributed by atoms with E-state index in [1.165, 1.54) is 12.8 Å². The predicted molar refractivity (Wildman–Crippen MR) is 75.9 cm³/mol. The molecular formula is C13H24N4S. The van der Waals surface area contributed by atoms with E-state index in [9.17, 15) is 0 Å². The summed E-state index contributed by atoms with van der Waals surface area (Å²) in [6.45, 7) is 9.94. The lowest BCUT2D eigenvalue weighted by Gasteiger charge is -2.30. The number of rotatable bonds is 4. The van der Waals surface area contributed by atoms with Crippen molar-refractivity contribution in [3.8, 4) is 0 Å². The minimum atomic E-state index is 0.376. The summed E-state index contributed by atoms with van der Waals surface area (Å²) in [5.41, 5.74) is 0.376. The first-order valence-corrected chi connectivity index (χ1v) is 7.59. The van der Waals surface area contributed by atoms with Crippen LogP contribution in [-0.2, 0) is 7.05 Å². The zero-order valence-corrected chi connectivity index (χ0v) is 12.8. The van der Waals surface area contributed by atoms with Crippen LogP contribution in [0.25, 0.3) is 0 Å². The highest BCUT2D eigenvalue weighted by Gasteiger charge is 2.42. The first-order chi connectivity index (χ1) is 8.45. The summed E-state index contributed by atoms with van der Waals surface area (Å²) in [5.74, 6) is 0.981. The van der Waals surface area contributed by atoms with Crippen molar-refractivity contribution < 1.29 is 0 Å². The van der Waals surface area contributed by atoms with Crippen molar-refractivity contribution in [2.45, 2.75) is 57.0 Å². The van der Waals surface area contributed by atoms with Gasteiger partial charge in [0.15, 0.2) is 5.16 Å². The van der Waals surface area contributed by atoms with Crippen LogP contribution >= 0.6 is 11.8 Å². The van der Waals surface area contributed by atoms with Crippen LogP contribution in [0.4, 0.5) is 0 Å². The molecule has 0 radical (unpaired) electrons. The van der Waals surface area contributed by atoms with Crippen molar-refractivity contribution in [3.05, 3.63) is 5.82 Å². The topological polar surface area (TPSA) is 42.7 Å². The second-order valence-electron chi connectivity index (χ2n) is 5.81.